The number of benzene rings is 1. The van der Waals surface area contributed by atoms with Crippen LogP contribution in [0, 0.1) is 11.7 Å². The van der Waals surface area contributed by atoms with Crippen molar-refractivity contribution < 1.29 is 18.7 Å². The van der Waals surface area contributed by atoms with Crippen LogP contribution < -0.4 is 0 Å². The molecule has 3 aliphatic rings. The topological polar surface area (TPSA) is 59.0 Å². The molecule has 4 rings (SSSR count). The average molecular weight is 421 g/mol. The summed E-state index contributed by atoms with van der Waals surface area (Å²) in [5.74, 6) is -1.19. The Hall–Kier alpha value is -1.86. The fraction of sp³-hybridized carbons (Fsp3) is 0.421. The van der Waals surface area contributed by atoms with E-state index in [0.717, 1.165) is 17.0 Å². The quantitative estimate of drug-likeness (QED) is 0.752. The number of fused-ring (bicyclic) bond motifs is 1. The highest BCUT2D eigenvalue weighted by Gasteiger charge is 2.48. The highest BCUT2D eigenvalue weighted by atomic mass is 79.9. The molecule has 1 aliphatic carbocycles. The van der Waals surface area contributed by atoms with Crippen LogP contribution in [0.15, 0.2) is 38.9 Å². The van der Waals surface area contributed by atoms with Crippen LogP contribution in [0.3, 0.4) is 0 Å². The molecule has 1 saturated carbocycles. The summed E-state index contributed by atoms with van der Waals surface area (Å²) in [7, 11) is 1.59. The summed E-state index contributed by atoms with van der Waals surface area (Å²) in [5.41, 5.74) is 2.92. The maximum absolute atomic E-state index is 13.7. The first-order chi connectivity index (χ1) is 12.5. The summed E-state index contributed by atoms with van der Waals surface area (Å²) in [4.78, 5) is 32.0. The average Bonchev–Trinajstić information content (AvgIpc) is 3.14. The van der Waals surface area contributed by atoms with E-state index < -0.39 is 11.8 Å². The van der Waals surface area contributed by atoms with E-state index >= 15 is 0 Å². The van der Waals surface area contributed by atoms with Gasteiger partial charge in [0.25, 0.3) is 5.91 Å². The van der Waals surface area contributed by atoms with E-state index in [2.05, 4.69) is 20.9 Å². The molecule has 0 spiro atoms. The first kappa shape index (κ1) is 17.5. The molecule has 2 heterocycles. The van der Waals surface area contributed by atoms with Gasteiger partial charge < -0.3 is 9.64 Å². The summed E-state index contributed by atoms with van der Waals surface area (Å²) in [6, 6.07) is 4.70. The summed E-state index contributed by atoms with van der Waals surface area (Å²) in [5, 5.41) is 0. The van der Waals surface area contributed by atoms with E-state index in [0.29, 0.717) is 42.6 Å². The summed E-state index contributed by atoms with van der Waals surface area (Å²) in [6.07, 6.45) is 1.08. The molecule has 1 amide bonds. The maximum atomic E-state index is 13.7. The van der Waals surface area contributed by atoms with Gasteiger partial charge in [-0.2, -0.15) is 0 Å². The van der Waals surface area contributed by atoms with Crippen LogP contribution in [0.5, 0.6) is 0 Å². The summed E-state index contributed by atoms with van der Waals surface area (Å²) >= 11 is 3.22. The molecule has 26 heavy (non-hydrogen) atoms. The number of hydrogen-bond acceptors (Lipinski definition) is 4. The molecule has 2 atom stereocenters. The third kappa shape index (κ3) is 2.74. The van der Waals surface area contributed by atoms with Gasteiger partial charge in [-0.3, -0.25) is 14.6 Å². The lowest BCUT2D eigenvalue weighted by molar-refractivity contribution is -0.126. The second kappa shape index (κ2) is 6.70. The Morgan fingerprint density at radius 2 is 2.12 bits per heavy atom. The number of hydrogen-bond donors (Lipinski definition) is 0. The van der Waals surface area contributed by atoms with Crippen LogP contribution >= 0.6 is 15.9 Å². The third-order valence-corrected chi connectivity index (χ3v) is 5.90. The lowest BCUT2D eigenvalue weighted by Crippen LogP contribution is -2.34. The van der Waals surface area contributed by atoms with Gasteiger partial charge in [-0.15, -0.1) is 0 Å². The van der Waals surface area contributed by atoms with Gasteiger partial charge in [0, 0.05) is 37.3 Å². The van der Waals surface area contributed by atoms with Crippen molar-refractivity contribution in [2.75, 3.05) is 26.8 Å². The van der Waals surface area contributed by atoms with Crippen molar-refractivity contribution in [3.05, 3.63) is 45.3 Å². The van der Waals surface area contributed by atoms with E-state index in [1.807, 2.05) is 0 Å². The van der Waals surface area contributed by atoms with Crippen molar-refractivity contribution in [3.8, 4) is 0 Å². The van der Waals surface area contributed by atoms with E-state index in [-0.39, 0.29) is 17.5 Å². The van der Waals surface area contributed by atoms with Gasteiger partial charge in [-0.1, -0.05) is 6.07 Å². The van der Waals surface area contributed by atoms with Gasteiger partial charge in [-0.25, -0.2) is 4.39 Å². The Kier molecular flexibility index (Phi) is 4.52. The molecule has 1 fully saturated rings. The Morgan fingerprint density at radius 3 is 2.85 bits per heavy atom. The number of halogens is 2. The predicted molar refractivity (Wildman–Crippen MR) is 97.5 cm³/mol. The molecule has 1 aromatic rings. The minimum absolute atomic E-state index is 0.101. The molecule has 0 bridgehead atoms. The zero-order valence-corrected chi connectivity index (χ0v) is 15.9. The molecule has 0 aromatic heterocycles. The molecule has 2 unspecified atom stereocenters. The lowest BCUT2D eigenvalue weighted by Gasteiger charge is -2.28. The number of methoxy groups -OCH3 is 1. The predicted octanol–water partition coefficient (Wildman–Crippen LogP) is 2.85. The monoisotopic (exact) mass is 420 g/mol. The number of rotatable bonds is 4. The number of amides is 1. The second-order valence-corrected chi connectivity index (χ2v) is 7.63. The molecule has 7 heteroatoms. The molecular formula is C19H18BrFN2O3. The Balaban J connectivity index is 1.78. The van der Waals surface area contributed by atoms with Crippen molar-refractivity contribution in [1.29, 1.82) is 0 Å². The highest BCUT2D eigenvalue weighted by Crippen LogP contribution is 2.46. The van der Waals surface area contributed by atoms with Crippen LogP contribution in [0.1, 0.15) is 24.3 Å². The van der Waals surface area contributed by atoms with Crippen LogP contribution in [0.2, 0.25) is 0 Å². The van der Waals surface area contributed by atoms with Gasteiger partial charge in [0.15, 0.2) is 0 Å². The molecular weight excluding hydrogens is 403 g/mol. The van der Waals surface area contributed by atoms with Crippen LogP contribution in [-0.4, -0.2) is 49.1 Å². The summed E-state index contributed by atoms with van der Waals surface area (Å²) < 4.78 is 19.1. The smallest absolute Gasteiger partial charge is 0.252 e. The van der Waals surface area contributed by atoms with Crippen molar-refractivity contribution in [3.63, 3.8) is 0 Å². The van der Waals surface area contributed by atoms with Gasteiger partial charge >= 0.3 is 0 Å². The molecule has 0 radical (unpaired) electrons. The number of ether oxygens (including phenoxy) is 1. The lowest BCUT2D eigenvalue weighted by atomic mass is 9.76. The van der Waals surface area contributed by atoms with Crippen LogP contribution in [0.4, 0.5) is 4.39 Å². The first-order valence-corrected chi connectivity index (χ1v) is 9.37. The van der Waals surface area contributed by atoms with Gasteiger partial charge in [0.1, 0.15) is 11.6 Å². The minimum Gasteiger partial charge on any atom is -0.383 e. The number of carbonyl (C=O) groups excluding carboxylic acids is 2. The highest BCUT2D eigenvalue weighted by molar-refractivity contribution is 9.10. The Morgan fingerprint density at radius 1 is 1.31 bits per heavy atom. The molecule has 1 aromatic carbocycles. The fourth-order valence-corrected chi connectivity index (χ4v) is 4.48. The number of carbonyl (C=O) groups is 2. The van der Waals surface area contributed by atoms with E-state index in [1.54, 1.807) is 24.1 Å². The number of nitrogens with zero attached hydrogens (tertiary/aromatic N) is 2. The number of aliphatic imine (C=N–C) groups is 1. The SMILES string of the molecule is COCCN1CC2=C(C1=O)C(c1ccc(F)c(Br)c1)C1C(=O)CCC1=N2. The van der Waals surface area contributed by atoms with Crippen molar-refractivity contribution in [1.82, 2.24) is 4.90 Å². The largest absolute Gasteiger partial charge is 0.383 e. The molecule has 136 valence electrons. The Bertz CT molecular complexity index is 864. The second-order valence-electron chi connectivity index (χ2n) is 6.78. The maximum Gasteiger partial charge on any atom is 0.252 e. The number of ketones is 1. The van der Waals surface area contributed by atoms with E-state index in [9.17, 15) is 14.0 Å². The number of Topliss-reactive ketones (excluding diaryl/α,β-unsaturated/α-hetero) is 1. The first-order valence-electron chi connectivity index (χ1n) is 8.57. The van der Waals surface area contributed by atoms with Crippen molar-refractivity contribution >= 4 is 33.3 Å². The fourth-order valence-electron chi connectivity index (χ4n) is 4.08. The Labute approximate surface area is 159 Å². The summed E-state index contributed by atoms with van der Waals surface area (Å²) in [6.45, 7) is 1.35. The standard InChI is InChI=1S/C19H18BrFN2O3/c1-26-7-6-23-9-14-18(19(23)25)16(10-2-3-12(21)11(20)8-10)17-13(22-14)4-5-15(17)24/h2-3,8,16-17H,4-7,9H2,1H3. The normalized spacial score (nSPS) is 24.9. The van der Waals surface area contributed by atoms with Crippen molar-refractivity contribution in [2.24, 2.45) is 10.9 Å². The molecule has 2 aliphatic heterocycles. The van der Waals surface area contributed by atoms with Crippen LogP contribution in [-0.2, 0) is 14.3 Å². The van der Waals surface area contributed by atoms with Crippen molar-refractivity contribution in [2.45, 2.75) is 18.8 Å². The van der Waals surface area contributed by atoms with Gasteiger partial charge in [-0.05, 0) is 40.0 Å². The third-order valence-electron chi connectivity index (χ3n) is 5.29. The zero-order chi connectivity index (χ0) is 18.4. The van der Waals surface area contributed by atoms with E-state index in [1.165, 1.54) is 6.07 Å². The molecule has 0 N–H and O–H groups in total. The zero-order valence-electron chi connectivity index (χ0n) is 14.3. The van der Waals surface area contributed by atoms with Gasteiger partial charge in [0.2, 0.25) is 0 Å². The molecule has 5 nitrogen and oxygen atoms in total. The minimum atomic E-state index is -0.419. The van der Waals surface area contributed by atoms with Gasteiger partial charge in [0.05, 0.1) is 29.2 Å². The molecule has 0 saturated heterocycles. The van der Waals surface area contributed by atoms with Crippen LogP contribution in [0.25, 0.3) is 0 Å². The van der Waals surface area contributed by atoms with E-state index in [4.69, 9.17) is 4.74 Å².